The minimum absolute atomic E-state index is 0. The zero-order valence-corrected chi connectivity index (χ0v) is 19.9. The molecule has 0 atom stereocenters. The van der Waals surface area contributed by atoms with Crippen LogP contribution in [0, 0.1) is 0 Å². The van der Waals surface area contributed by atoms with E-state index in [0.717, 1.165) is 5.69 Å². The van der Waals surface area contributed by atoms with Gasteiger partial charge < -0.3 is 20.1 Å². The zero-order chi connectivity index (χ0) is 19.7. The number of hydrogen-bond acceptors (Lipinski definition) is 6. The predicted octanol–water partition coefficient (Wildman–Crippen LogP) is 2.74. The highest BCUT2D eigenvalue weighted by atomic mass is 127. The van der Waals surface area contributed by atoms with Crippen LogP contribution in [0.5, 0.6) is 11.5 Å². The van der Waals surface area contributed by atoms with Crippen LogP contribution in [-0.2, 0) is 10.0 Å². The van der Waals surface area contributed by atoms with Gasteiger partial charge in [0.25, 0.3) is 0 Å². The molecule has 0 aliphatic heterocycles. The number of benzene rings is 1. The molecule has 0 spiro atoms. The SMILES string of the molecule is CCOc1ccc(NC(=NC)NCCNS(=O)(=O)c2cccs2)cc1OC.I. The van der Waals surface area contributed by atoms with E-state index < -0.39 is 10.0 Å². The topological polar surface area (TPSA) is 101 Å². The van der Waals surface area contributed by atoms with Crippen molar-refractivity contribution in [1.82, 2.24) is 10.0 Å². The molecule has 1 aromatic heterocycles. The molecular weight excluding hydrogens is 515 g/mol. The van der Waals surface area contributed by atoms with Gasteiger partial charge in [-0.15, -0.1) is 35.3 Å². The third kappa shape index (κ3) is 7.11. The summed E-state index contributed by atoms with van der Waals surface area (Å²) in [6.45, 7) is 3.06. The molecule has 2 aromatic rings. The van der Waals surface area contributed by atoms with Crippen LogP contribution in [0.2, 0.25) is 0 Å². The van der Waals surface area contributed by atoms with Crippen molar-refractivity contribution in [2.45, 2.75) is 11.1 Å². The highest BCUT2D eigenvalue weighted by Gasteiger charge is 2.14. The number of sulfonamides is 1. The van der Waals surface area contributed by atoms with Gasteiger partial charge in [0.05, 0.1) is 13.7 Å². The normalized spacial score (nSPS) is 11.5. The zero-order valence-electron chi connectivity index (χ0n) is 15.9. The summed E-state index contributed by atoms with van der Waals surface area (Å²) in [5.41, 5.74) is 0.766. The number of anilines is 1. The molecule has 0 aliphatic carbocycles. The molecule has 0 aliphatic rings. The van der Waals surface area contributed by atoms with Gasteiger partial charge in [-0.25, -0.2) is 13.1 Å². The fourth-order valence-corrected chi connectivity index (χ4v) is 4.26. The first kappa shape index (κ1) is 24.5. The minimum Gasteiger partial charge on any atom is -0.493 e. The van der Waals surface area contributed by atoms with Crippen LogP contribution in [0.25, 0.3) is 0 Å². The number of halogens is 1. The van der Waals surface area contributed by atoms with Crippen LogP contribution < -0.4 is 24.8 Å². The molecule has 0 radical (unpaired) electrons. The minimum atomic E-state index is -3.46. The summed E-state index contributed by atoms with van der Waals surface area (Å²) in [5, 5.41) is 7.91. The number of thiophene rings is 1. The summed E-state index contributed by atoms with van der Waals surface area (Å²) < 4.78 is 37.8. The summed E-state index contributed by atoms with van der Waals surface area (Å²) in [7, 11) is -0.248. The van der Waals surface area contributed by atoms with E-state index in [1.807, 2.05) is 19.1 Å². The van der Waals surface area contributed by atoms with Gasteiger partial charge in [-0.3, -0.25) is 4.99 Å². The van der Waals surface area contributed by atoms with Crippen LogP contribution >= 0.6 is 35.3 Å². The van der Waals surface area contributed by atoms with Crippen LogP contribution in [-0.4, -0.2) is 48.2 Å². The third-order valence-corrected chi connectivity index (χ3v) is 6.28. The van der Waals surface area contributed by atoms with Gasteiger partial charge >= 0.3 is 0 Å². The molecule has 0 saturated heterocycles. The maximum atomic E-state index is 12.1. The number of guanidine groups is 1. The van der Waals surface area contributed by atoms with Crippen molar-refractivity contribution in [2.75, 3.05) is 39.2 Å². The number of hydrogen-bond donors (Lipinski definition) is 3. The van der Waals surface area contributed by atoms with E-state index in [4.69, 9.17) is 9.47 Å². The van der Waals surface area contributed by atoms with Crippen LogP contribution in [0.1, 0.15) is 6.92 Å². The standard InChI is InChI=1S/C17H24N4O4S2.HI/c1-4-25-14-8-7-13(12-15(14)24-3)21-17(18-2)19-9-10-20-27(22,23)16-6-5-11-26-16;/h5-8,11-12,20H,4,9-10H2,1-3H3,(H2,18,19,21);1H. The Morgan fingerprint density at radius 3 is 2.61 bits per heavy atom. The Morgan fingerprint density at radius 2 is 2.00 bits per heavy atom. The van der Waals surface area contributed by atoms with Gasteiger partial charge in [-0.05, 0) is 30.5 Å². The van der Waals surface area contributed by atoms with Crippen molar-refractivity contribution in [2.24, 2.45) is 4.99 Å². The van der Waals surface area contributed by atoms with E-state index in [-0.39, 0.29) is 30.5 Å². The number of nitrogens with one attached hydrogen (secondary N) is 3. The van der Waals surface area contributed by atoms with Gasteiger partial charge in [0.1, 0.15) is 4.21 Å². The average molecular weight is 540 g/mol. The van der Waals surface area contributed by atoms with E-state index in [1.54, 1.807) is 37.7 Å². The molecule has 3 N–H and O–H groups in total. The Balaban J connectivity index is 0.00000392. The third-order valence-electron chi connectivity index (χ3n) is 3.42. The Labute approximate surface area is 186 Å². The van der Waals surface area contributed by atoms with E-state index in [0.29, 0.717) is 34.8 Å². The monoisotopic (exact) mass is 540 g/mol. The molecule has 8 nitrogen and oxygen atoms in total. The first-order valence-electron chi connectivity index (χ1n) is 8.31. The molecule has 28 heavy (non-hydrogen) atoms. The van der Waals surface area contributed by atoms with Gasteiger partial charge in [0, 0.05) is 31.9 Å². The highest BCUT2D eigenvalue weighted by Crippen LogP contribution is 2.30. The van der Waals surface area contributed by atoms with Crippen molar-refractivity contribution >= 4 is 57.0 Å². The number of ether oxygens (including phenoxy) is 2. The van der Waals surface area contributed by atoms with Crippen molar-refractivity contribution in [3.05, 3.63) is 35.7 Å². The van der Waals surface area contributed by atoms with Gasteiger partial charge in [-0.2, -0.15) is 0 Å². The second-order valence-electron chi connectivity index (χ2n) is 5.25. The Kier molecular flexibility index (Phi) is 10.6. The predicted molar refractivity (Wildman–Crippen MR) is 124 cm³/mol. The summed E-state index contributed by atoms with van der Waals surface area (Å²) in [5.74, 6) is 1.79. The molecule has 0 unspecified atom stereocenters. The summed E-state index contributed by atoms with van der Waals surface area (Å²) >= 11 is 1.18. The van der Waals surface area contributed by atoms with Crippen LogP contribution in [0.3, 0.4) is 0 Å². The van der Waals surface area contributed by atoms with Gasteiger partial charge in [-0.1, -0.05) is 6.07 Å². The Bertz CT molecular complexity index is 858. The Hall–Kier alpha value is -1.57. The molecule has 156 valence electrons. The lowest BCUT2D eigenvalue weighted by Crippen LogP contribution is -2.37. The maximum Gasteiger partial charge on any atom is 0.250 e. The van der Waals surface area contributed by atoms with Crippen molar-refractivity contribution in [3.63, 3.8) is 0 Å². The van der Waals surface area contributed by atoms with Gasteiger partial charge in [0.2, 0.25) is 10.0 Å². The molecule has 0 fully saturated rings. The second kappa shape index (κ2) is 12.1. The van der Waals surface area contributed by atoms with Crippen molar-refractivity contribution in [1.29, 1.82) is 0 Å². The van der Waals surface area contributed by atoms with E-state index in [2.05, 4.69) is 20.3 Å². The number of nitrogens with zero attached hydrogens (tertiary/aromatic N) is 1. The lowest BCUT2D eigenvalue weighted by atomic mass is 10.2. The summed E-state index contributed by atoms with van der Waals surface area (Å²) in [6, 6.07) is 8.74. The number of rotatable bonds is 9. The fraction of sp³-hybridized carbons (Fsp3) is 0.353. The van der Waals surface area contributed by atoms with E-state index in [9.17, 15) is 8.42 Å². The van der Waals surface area contributed by atoms with E-state index >= 15 is 0 Å². The molecule has 0 amide bonds. The average Bonchev–Trinajstić information content (AvgIpc) is 3.21. The molecule has 1 heterocycles. The lowest BCUT2D eigenvalue weighted by Gasteiger charge is -2.14. The first-order chi connectivity index (χ1) is 13.0. The van der Waals surface area contributed by atoms with Crippen LogP contribution in [0.15, 0.2) is 44.9 Å². The first-order valence-corrected chi connectivity index (χ1v) is 10.7. The summed E-state index contributed by atoms with van der Waals surface area (Å²) in [4.78, 5) is 4.13. The molecule has 11 heteroatoms. The lowest BCUT2D eigenvalue weighted by molar-refractivity contribution is 0.311. The molecule has 1 aromatic carbocycles. The maximum absolute atomic E-state index is 12.1. The molecule has 2 rings (SSSR count). The second-order valence-corrected chi connectivity index (χ2v) is 8.19. The quantitative estimate of drug-likeness (QED) is 0.196. The number of methoxy groups -OCH3 is 1. The molecule has 0 bridgehead atoms. The number of aliphatic imine (C=N–C) groups is 1. The largest absolute Gasteiger partial charge is 0.493 e. The summed E-state index contributed by atoms with van der Waals surface area (Å²) in [6.07, 6.45) is 0. The smallest absolute Gasteiger partial charge is 0.250 e. The highest BCUT2D eigenvalue weighted by molar-refractivity contribution is 14.0. The molecule has 0 saturated carbocycles. The van der Waals surface area contributed by atoms with Gasteiger partial charge in [0.15, 0.2) is 17.5 Å². The molecular formula is C17H25IN4O4S2. The van der Waals surface area contributed by atoms with Crippen molar-refractivity contribution in [3.8, 4) is 11.5 Å². The Morgan fingerprint density at radius 1 is 1.21 bits per heavy atom. The van der Waals surface area contributed by atoms with Crippen LogP contribution in [0.4, 0.5) is 5.69 Å². The van der Waals surface area contributed by atoms with E-state index in [1.165, 1.54) is 11.3 Å². The van der Waals surface area contributed by atoms with Crippen molar-refractivity contribution < 1.29 is 17.9 Å². The fourth-order valence-electron chi connectivity index (χ4n) is 2.19.